The molecule has 1 N–H and O–H groups in total. The summed E-state index contributed by atoms with van der Waals surface area (Å²) in [5.74, 6) is 1.94. The van der Waals surface area contributed by atoms with E-state index in [1.54, 1.807) is 0 Å². The number of rotatable bonds is 5. The molecule has 0 aromatic rings. The second-order valence-corrected chi connectivity index (χ2v) is 5.51. The standard InChI is InChI=1S/C10H21NOS/c1-8(2)13-7-10(11-3)9-4-5-12-6-9/h8-11H,4-7H2,1-3H3. The van der Waals surface area contributed by atoms with Crippen LogP contribution in [-0.2, 0) is 4.74 Å². The number of thioether (sulfide) groups is 1. The van der Waals surface area contributed by atoms with Gasteiger partial charge in [0, 0.05) is 24.3 Å². The van der Waals surface area contributed by atoms with Crippen LogP contribution in [0.2, 0.25) is 0 Å². The fourth-order valence-electron chi connectivity index (χ4n) is 1.62. The first-order valence-electron chi connectivity index (χ1n) is 5.10. The fraction of sp³-hybridized carbons (Fsp3) is 1.00. The molecule has 1 fully saturated rings. The Morgan fingerprint density at radius 1 is 1.54 bits per heavy atom. The van der Waals surface area contributed by atoms with Gasteiger partial charge in [0.15, 0.2) is 0 Å². The van der Waals surface area contributed by atoms with Crippen LogP contribution >= 0.6 is 11.8 Å². The first kappa shape index (κ1) is 11.3. The Hall–Kier alpha value is 0.270. The molecule has 1 rings (SSSR count). The van der Waals surface area contributed by atoms with Gasteiger partial charge in [-0.1, -0.05) is 13.8 Å². The van der Waals surface area contributed by atoms with E-state index in [0.717, 1.165) is 24.4 Å². The van der Waals surface area contributed by atoms with Crippen molar-refractivity contribution in [3.8, 4) is 0 Å². The van der Waals surface area contributed by atoms with Gasteiger partial charge in [-0.2, -0.15) is 11.8 Å². The summed E-state index contributed by atoms with van der Waals surface area (Å²) in [6.07, 6.45) is 1.23. The predicted octanol–water partition coefficient (Wildman–Crippen LogP) is 1.75. The maximum atomic E-state index is 5.40. The zero-order valence-electron chi connectivity index (χ0n) is 8.88. The second kappa shape index (κ2) is 5.89. The van der Waals surface area contributed by atoms with Gasteiger partial charge >= 0.3 is 0 Å². The summed E-state index contributed by atoms with van der Waals surface area (Å²) in [5, 5.41) is 4.13. The normalized spacial score (nSPS) is 25.4. The molecule has 1 saturated heterocycles. The maximum absolute atomic E-state index is 5.40. The van der Waals surface area contributed by atoms with Gasteiger partial charge in [0.1, 0.15) is 0 Å². The summed E-state index contributed by atoms with van der Waals surface area (Å²) in [6.45, 7) is 6.41. The van der Waals surface area contributed by atoms with Gasteiger partial charge in [-0.25, -0.2) is 0 Å². The SMILES string of the molecule is CNC(CSC(C)C)C1CCOC1. The Kier molecular flexibility index (Phi) is 5.14. The highest BCUT2D eigenvalue weighted by Gasteiger charge is 2.24. The minimum absolute atomic E-state index is 0.634. The van der Waals surface area contributed by atoms with Gasteiger partial charge in [0.25, 0.3) is 0 Å². The minimum Gasteiger partial charge on any atom is -0.381 e. The van der Waals surface area contributed by atoms with Crippen LogP contribution < -0.4 is 5.32 Å². The molecule has 0 saturated carbocycles. The number of nitrogens with one attached hydrogen (secondary N) is 1. The van der Waals surface area contributed by atoms with E-state index >= 15 is 0 Å². The summed E-state index contributed by atoms with van der Waals surface area (Å²) in [7, 11) is 2.06. The summed E-state index contributed by atoms with van der Waals surface area (Å²) in [4.78, 5) is 0. The molecule has 13 heavy (non-hydrogen) atoms. The van der Waals surface area contributed by atoms with E-state index in [1.807, 2.05) is 11.8 Å². The molecule has 2 unspecified atom stereocenters. The van der Waals surface area contributed by atoms with E-state index in [0.29, 0.717) is 6.04 Å². The average Bonchev–Trinajstić information content (AvgIpc) is 2.58. The Bertz CT molecular complexity index is 135. The van der Waals surface area contributed by atoms with Crippen molar-refractivity contribution in [3.63, 3.8) is 0 Å². The quantitative estimate of drug-likeness (QED) is 0.735. The van der Waals surface area contributed by atoms with Crippen molar-refractivity contribution in [1.82, 2.24) is 5.32 Å². The zero-order chi connectivity index (χ0) is 9.68. The molecule has 0 radical (unpaired) electrons. The Morgan fingerprint density at radius 3 is 2.77 bits per heavy atom. The topological polar surface area (TPSA) is 21.3 Å². The third-order valence-corrected chi connectivity index (χ3v) is 3.73. The molecular weight excluding hydrogens is 182 g/mol. The molecule has 0 aromatic carbocycles. The van der Waals surface area contributed by atoms with Crippen LogP contribution in [0.15, 0.2) is 0 Å². The molecule has 1 heterocycles. The van der Waals surface area contributed by atoms with Crippen LogP contribution in [-0.4, -0.2) is 37.3 Å². The van der Waals surface area contributed by atoms with Gasteiger partial charge in [-0.3, -0.25) is 0 Å². The molecule has 3 heteroatoms. The van der Waals surface area contributed by atoms with Crippen molar-refractivity contribution in [2.45, 2.75) is 31.6 Å². The lowest BCUT2D eigenvalue weighted by atomic mass is 10.0. The van der Waals surface area contributed by atoms with Crippen LogP contribution in [0, 0.1) is 5.92 Å². The van der Waals surface area contributed by atoms with Crippen LogP contribution in [0.4, 0.5) is 0 Å². The van der Waals surface area contributed by atoms with Crippen molar-refractivity contribution >= 4 is 11.8 Å². The maximum Gasteiger partial charge on any atom is 0.0510 e. The molecule has 0 spiro atoms. The highest BCUT2D eigenvalue weighted by Crippen LogP contribution is 2.21. The first-order chi connectivity index (χ1) is 6.24. The summed E-state index contributed by atoms with van der Waals surface area (Å²) >= 11 is 2.03. The van der Waals surface area contributed by atoms with E-state index in [4.69, 9.17) is 4.74 Å². The summed E-state index contributed by atoms with van der Waals surface area (Å²) in [5.41, 5.74) is 0. The van der Waals surface area contributed by atoms with Gasteiger partial charge in [0.05, 0.1) is 6.61 Å². The molecule has 1 aliphatic heterocycles. The number of hydrogen-bond acceptors (Lipinski definition) is 3. The van der Waals surface area contributed by atoms with Crippen molar-refractivity contribution in [2.24, 2.45) is 5.92 Å². The monoisotopic (exact) mass is 203 g/mol. The average molecular weight is 203 g/mol. The van der Waals surface area contributed by atoms with E-state index < -0.39 is 0 Å². The lowest BCUT2D eigenvalue weighted by Gasteiger charge is -2.22. The Morgan fingerprint density at radius 2 is 2.31 bits per heavy atom. The highest BCUT2D eigenvalue weighted by molar-refractivity contribution is 7.99. The van der Waals surface area contributed by atoms with Gasteiger partial charge in [0.2, 0.25) is 0 Å². The lowest BCUT2D eigenvalue weighted by molar-refractivity contribution is 0.179. The lowest BCUT2D eigenvalue weighted by Crippen LogP contribution is -2.36. The smallest absolute Gasteiger partial charge is 0.0510 e. The van der Waals surface area contributed by atoms with Crippen molar-refractivity contribution in [3.05, 3.63) is 0 Å². The van der Waals surface area contributed by atoms with Crippen LogP contribution in [0.1, 0.15) is 20.3 Å². The molecule has 78 valence electrons. The number of ether oxygens (including phenoxy) is 1. The largest absolute Gasteiger partial charge is 0.381 e. The molecule has 2 atom stereocenters. The third kappa shape index (κ3) is 3.88. The molecular formula is C10H21NOS. The number of hydrogen-bond donors (Lipinski definition) is 1. The second-order valence-electron chi connectivity index (χ2n) is 3.90. The van der Waals surface area contributed by atoms with Crippen LogP contribution in [0.3, 0.4) is 0 Å². The molecule has 0 aromatic heterocycles. The highest BCUT2D eigenvalue weighted by atomic mass is 32.2. The van der Waals surface area contributed by atoms with Gasteiger partial charge in [-0.05, 0) is 18.7 Å². The first-order valence-corrected chi connectivity index (χ1v) is 6.15. The Labute approximate surface area is 85.8 Å². The van der Waals surface area contributed by atoms with E-state index in [1.165, 1.54) is 12.2 Å². The van der Waals surface area contributed by atoms with Gasteiger partial charge in [-0.15, -0.1) is 0 Å². The van der Waals surface area contributed by atoms with Crippen LogP contribution in [0.25, 0.3) is 0 Å². The summed E-state index contributed by atoms with van der Waals surface area (Å²) in [6, 6.07) is 0.634. The molecule has 0 amide bonds. The zero-order valence-corrected chi connectivity index (χ0v) is 9.69. The molecule has 0 bridgehead atoms. The van der Waals surface area contributed by atoms with Gasteiger partial charge < -0.3 is 10.1 Å². The molecule has 1 aliphatic rings. The van der Waals surface area contributed by atoms with Crippen molar-refractivity contribution in [2.75, 3.05) is 26.0 Å². The Balaban J connectivity index is 2.24. The van der Waals surface area contributed by atoms with Crippen molar-refractivity contribution < 1.29 is 4.74 Å². The molecule has 0 aliphatic carbocycles. The van der Waals surface area contributed by atoms with E-state index in [2.05, 4.69) is 26.2 Å². The third-order valence-electron chi connectivity index (χ3n) is 2.51. The van der Waals surface area contributed by atoms with Crippen LogP contribution in [0.5, 0.6) is 0 Å². The summed E-state index contributed by atoms with van der Waals surface area (Å²) < 4.78 is 5.40. The molecule has 2 nitrogen and oxygen atoms in total. The minimum atomic E-state index is 0.634. The van der Waals surface area contributed by atoms with E-state index in [9.17, 15) is 0 Å². The van der Waals surface area contributed by atoms with E-state index in [-0.39, 0.29) is 0 Å². The fourth-order valence-corrected chi connectivity index (χ4v) is 2.65. The van der Waals surface area contributed by atoms with Crippen molar-refractivity contribution in [1.29, 1.82) is 0 Å². The predicted molar refractivity (Wildman–Crippen MR) is 59.4 cm³/mol.